The monoisotopic (exact) mass is 300 g/mol. The zero-order valence-electron chi connectivity index (χ0n) is 14.5. The average Bonchev–Trinajstić information content (AvgIpc) is 2.52. The third-order valence-electron chi connectivity index (χ3n) is 4.02. The van der Waals surface area contributed by atoms with Crippen molar-refractivity contribution in [2.24, 2.45) is 5.41 Å². The first-order valence-corrected chi connectivity index (χ1v) is 8.51. The van der Waals surface area contributed by atoms with Crippen LogP contribution >= 0.6 is 0 Å². The minimum absolute atomic E-state index is 0.0774. The zero-order valence-corrected chi connectivity index (χ0v) is 14.5. The molecule has 0 fully saturated rings. The van der Waals surface area contributed by atoms with Gasteiger partial charge in [0.25, 0.3) is 0 Å². The lowest BCUT2D eigenvalue weighted by atomic mass is 9.84. The molecule has 0 atom stereocenters. The molecule has 0 radical (unpaired) electrons. The van der Waals surface area contributed by atoms with Gasteiger partial charge >= 0.3 is 6.03 Å². The van der Waals surface area contributed by atoms with Gasteiger partial charge in [-0.25, -0.2) is 4.79 Å². The lowest BCUT2D eigenvalue weighted by molar-refractivity contribution is 0.216. The molecule has 4 N–H and O–H groups in total. The summed E-state index contributed by atoms with van der Waals surface area (Å²) in [6, 6.07) is -0.102. The van der Waals surface area contributed by atoms with Crippen molar-refractivity contribution in [3.63, 3.8) is 0 Å². The fraction of sp³-hybridized carbons (Fsp3) is 0.938. The molecular weight excluding hydrogens is 264 g/mol. The quantitative estimate of drug-likeness (QED) is 0.394. The van der Waals surface area contributed by atoms with Crippen LogP contribution in [0.3, 0.4) is 0 Å². The van der Waals surface area contributed by atoms with Gasteiger partial charge in [0.2, 0.25) is 0 Å². The number of nitrogens with one attached hydrogen (secondary N) is 4. The van der Waals surface area contributed by atoms with Crippen LogP contribution in [0.1, 0.15) is 52.9 Å². The van der Waals surface area contributed by atoms with Crippen molar-refractivity contribution in [2.75, 3.05) is 39.8 Å². The maximum absolute atomic E-state index is 11.5. The van der Waals surface area contributed by atoms with Crippen LogP contribution in [0.25, 0.3) is 0 Å². The van der Waals surface area contributed by atoms with E-state index in [1.54, 1.807) is 7.05 Å². The second kappa shape index (κ2) is 12.9. The van der Waals surface area contributed by atoms with Crippen molar-refractivity contribution in [3.05, 3.63) is 0 Å². The highest BCUT2D eigenvalue weighted by molar-refractivity contribution is 5.73. The molecule has 0 bridgehead atoms. The van der Waals surface area contributed by atoms with Crippen molar-refractivity contribution in [2.45, 2.75) is 52.9 Å². The van der Waals surface area contributed by atoms with E-state index in [0.29, 0.717) is 6.54 Å². The number of rotatable bonds is 13. The molecule has 0 spiro atoms. The number of hydrogen-bond acceptors (Lipinski definition) is 3. The van der Waals surface area contributed by atoms with Crippen LogP contribution in [0.2, 0.25) is 0 Å². The largest absolute Gasteiger partial charge is 0.341 e. The normalized spacial score (nSPS) is 11.4. The third kappa shape index (κ3) is 9.69. The van der Waals surface area contributed by atoms with E-state index in [1.165, 1.54) is 25.7 Å². The summed E-state index contributed by atoms with van der Waals surface area (Å²) in [5.74, 6) is 0. The van der Waals surface area contributed by atoms with E-state index in [2.05, 4.69) is 42.0 Å². The van der Waals surface area contributed by atoms with Gasteiger partial charge in [0.15, 0.2) is 0 Å². The number of carbonyl (C=O) groups excluding carboxylic acids is 1. The van der Waals surface area contributed by atoms with Crippen LogP contribution < -0.4 is 21.3 Å². The maximum atomic E-state index is 11.5. The van der Waals surface area contributed by atoms with Crippen molar-refractivity contribution in [1.29, 1.82) is 0 Å². The second-order valence-electron chi connectivity index (χ2n) is 5.85. The van der Waals surface area contributed by atoms with Crippen LogP contribution in [0.15, 0.2) is 0 Å². The summed E-state index contributed by atoms with van der Waals surface area (Å²) in [5.41, 5.74) is 0.0774. The topological polar surface area (TPSA) is 65.2 Å². The summed E-state index contributed by atoms with van der Waals surface area (Å²) < 4.78 is 0. The first-order valence-electron chi connectivity index (χ1n) is 8.51. The Morgan fingerprint density at radius 2 is 1.43 bits per heavy atom. The molecule has 0 aliphatic carbocycles. The number of urea groups is 1. The molecular formula is C16H36N4O. The number of unbranched alkanes of at least 4 members (excludes halogenated alkanes) is 2. The van der Waals surface area contributed by atoms with Gasteiger partial charge in [0, 0.05) is 32.1 Å². The molecule has 0 aromatic carbocycles. The maximum Gasteiger partial charge on any atom is 0.314 e. The van der Waals surface area contributed by atoms with Gasteiger partial charge in [-0.1, -0.05) is 33.6 Å². The molecule has 0 heterocycles. The smallest absolute Gasteiger partial charge is 0.314 e. The number of hydrogen-bond donors (Lipinski definition) is 4. The number of amides is 2. The molecule has 0 aromatic rings. The van der Waals surface area contributed by atoms with Gasteiger partial charge in [-0.3, -0.25) is 0 Å². The first-order chi connectivity index (χ1) is 10.1. The highest BCUT2D eigenvalue weighted by Gasteiger charge is 2.28. The van der Waals surface area contributed by atoms with E-state index in [4.69, 9.17) is 0 Å². The van der Waals surface area contributed by atoms with Crippen molar-refractivity contribution < 1.29 is 4.79 Å². The SMILES string of the molecule is CCCCNCC(CC)(CNCCCC)CNC(=O)NC. The molecule has 5 nitrogen and oxygen atoms in total. The van der Waals surface area contributed by atoms with Crippen LogP contribution in [0.4, 0.5) is 4.79 Å². The predicted molar refractivity (Wildman–Crippen MR) is 90.7 cm³/mol. The number of carbonyl (C=O) groups is 1. The van der Waals surface area contributed by atoms with Crippen LogP contribution in [0, 0.1) is 5.41 Å². The van der Waals surface area contributed by atoms with Gasteiger partial charge < -0.3 is 21.3 Å². The average molecular weight is 300 g/mol. The summed E-state index contributed by atoms with van der Waals surface area (Å²) >= 11 is 0. The van der Waals surface area contributed by atoms with E-state index < -0.39 is 0 Å². The summed E-state index contributed by atoms with van der Waals surface area (Å²) in [4.78, 5) is 11.5. The third-order valence-corrected chi connectivity index (χ3v) is 4.02. The lowest BCUT2D eigenvalue weighted by Crippen LogP contribution is -2.51. The molecule has 126 valence electrons. The van der Waals surface area contributed by atoms with Crippen molar-refractivity contribution in [3.8, 4) is 0 Å². The van der Waals surface area contributed by atoms with Gasteiger partial charge in [-0.15, -0.1) is 0 Å². The minimum atomic E-state index is -0.102. The molecule has 21 heavy (non-hydrogen) atoms. The van der Waals surface area contributed by atoms with E-state index in [1.807, 2.05) is 0 Å². The Kier molecular flexibility index (Phi) is 12.4. The molecule has 0 aliphatic rings. The Hall–Kier alpha value is -0.810. The van der Waals surface area contributed by atoms with Crippen LogP contribution in [-0.4, -0.2) is 45.8 Å². The van der Waals surface area contributed by atoms with Gasteiger partial charge in [0.1, 0.15) is 0 Å². The van der Waals surface area contributed by atoms with Gasteiger partial charge in [-0.05, 0) is 32.4 Å². The summed E-state index contributed by atoms with van der Waals surface area (Å²) in [6.07, 6.45) is 5.85. The van der Waals surface area contributed by atoms with Crippen LogP contribution in [-0.2, 0) is 0 Å². The van der Waals surface area contributed by atoms with E-state index in [0.717, 1.165) is 32.6 Å². The molecule has 0 aromatic heterocycles. The highest BCUT2D eigenvalue weighted by Crippen LogP contribution is 2.19. The fourth-order valence-electron chi connectivity index (χ4n) is 2.23. The van der Waals surface area contributed by atoms with Crippen molar-refractivity contribution >= 4 is 6.03 Å². The van der Waals surface area contributed by atoms with E-state index in [9.17, 15) is 4.79 Å². The molecule has 5 heteroatoms. The Labute approximate surface area is 131 Å². The summed E-state index contributed by atoms with van der Waals surface area (Å²) in [5, 5.41) is 12.7. The molecule has 0 saturated carbocycles. The molecule has 0 rings (SSSR count). The molecule has 0 unspecified atom stereocenters. The van der Waals surface area contributed by atoms with E-state index >= 15 is 0 Å². The molecule has 2 amide bonds. The van der Waals surface area contributed by atoms with E-state index in [-0.39, 0.29) is 11.4 Å². The van der Waals surface area contributed by atoms with Gasteiger partial charge in [0.05, 0.1) is 0 Å². The van der Waals surface area contributed by atoms with Crippen LogP contribution in [0.5, 0.6) is 0 Å². The molecule has 0 aliphatic heterocycles. The van der Waals surface area contributed by atoms with Crippen molar-refractivity contribution in [1.82, 2.24) is 21.3 Å². The Morgan fingerprint density at radius 1 is 0.905 bits per heavy atom. The molecule has 0 saturated heterocycles. The summed E-state index contributed by atoms with van der Waals surface area (Å²) in [7, 11) is 1.65. The Balaban J connectivity index is 4.39. The minimum Gasteiger partial charge on any atom is -0.341 e. The highest BCUT2D eigenvalue weighted by atomic mass is 16.2. The van der Waals surface area contributed by atoms with Gasteiger partial charge in [-0.2, -0.15) is 0 Å². The Morgan fingerprint density at radius 3 is 1.81 bits per heavy atom. The predicted octanol–water partition coefficient (Wildman–Crippen LogP) is 2.09. The summed E-state index contributed by atoms with van der Waals surface area (Å²) in [6.45, 7) is 11.3. The first kappa shape index (κ1) is 20.2. The lowest BCUT2D eigenvalue weighted by Gasteiger charge is -2.34. The Bertz CT molecular complexity index is 247. The second-order valence-corrected chi connectivity index (χ2v) is 5.85. The fourth-order valence-corrected chi connectivity index (χ4v) is 2.23. The zero-order chi connectivity index (χ0) is 16.0. The standard InChI is InChI=1S/C16H36N4O/c1-5-8-10-18-12-16(7-3,13-19-11-9-6-2)14-20-15(21)17-4/h18-19H,5-14H2,1-4H3,(H2,17,20,21).